The van der Waals surface area contributed by atoms with Crippen LogP contribution in [0.4, 0.5) is 5.69 Å². The smallest absolute Gasteiger partial charge is 0.327 e. The zero-order valence-electron chi connectivity index (χ0n) is 15.8. The van der Waals surface area contributed by atoms with Gasteiger partial charge in [0, 0.05) is 5.41 Å². The average molecular weight is 373 g/mol. The van der Waals surface area contributed by atoms with Crippen molar-refractivity contribution in [1.29, 1.82) is 0 Å². The van der Waals surface area contributed by atoms with Gasteiger partial charge in [0.2, 0.25) is 5.91 Å². The Morgan fingerprint density at radius 3 is 2.56 bits per heavy atom. The summed E-state index contributed by atoms with van der Waals surface area (Å²) in [6, 6.07) is 6.76. The van der Waals surface area contributed by atoms with Crippen LogP contribution >= 0.6 is 0 Å². The van der Waals surface area contributed by atoms with E-state index in [1.54, 1.807) is 51.2 Å². The van der Waals surface area contributed by atoms with Gasteiger partial charge in [0.1, 0.15) is 12.2 Å². The molecule has 27 heavy (non-hydrogen) atoms. The molecule has 9 heteroatoms. The van der Waals surface area contributed by atoms with Gasteiger partial charge in [-0.25, -0.2) is 4.68 Å². The highest BCUT2D eigenvalue weighted by atomic mass is 16.5. The first-order valence-corrected chi connectivity index (χ1v) is 8.35. The maximum absolute atomic E-state index is 12.5. The summed E-state index contributed by atoms with van der Waals surface area (Å²) in [4.78, 5) is 35.9. The number of benzene rings is 1. The second kappa shape index (κ2) is 8.43. The van der Waals surface area contributed by atoms with Crippen LogP contribution in [0.3, 0.4) is 0 Å². The number of carbonyl (C=O) groups excluding carboxylic acids is 3. The molecule has 1 aromatic heterocycles. The molecule has 0 spiro atoms. The minimum Gasteiger partial charge on any atom is -0.468 e. The molecule has 9 nitrogen and oxygen atoms in total. The first kappa shape index (κ1) is 20.1. The van der Waals surface area contributed by atoms with Crippen LogP contribution in [0.1, 0.15) is 36.8 Å². The van der Waals surface area contributed by atoms with Gasteiger partial charge in [-0.3, -0.25) is 14.4 Å². The fourth-order valence-electron chi connectivity index (χ4n) is 2.06. The molecule has 0 aliphatic rings. The second-order valence-electron chi connectivity index (χ2n) is 6.92. The van der Waals surface area contributed by atoms with E-state index >= 15 is 0 Å². The fourth-order valence-corrected chi connectivity index (χ4v) is 2.06. The highest BCUT2D eigenvalue weighted by Crippen LogP contribution is 2.20. The highest BCUT2D eigenvalue weighted by molar-refractivity contribution is 6.04. The van der Waals surface area contributed by atoms with Crippen LogP contribution < -0.4 is 10.6 Å². The molecule has 2 aromatic rings. The van der Waals surface area contributed by atoms with Crippen molar-refractivity contribution >= 4 is 23.5 Å². The van der Waals surface area contributed by atoms with E-state index in [-0.39, 0.29) is 24.9 Å². The Morgan fingerprint density at radius 2 is 1.89 bits per heavy atom. The Bertz CT molecular complexity index is 838. The maximum atomic E-state index is 12.5. The van der Waals surface area contributed by atoms with E-state index in [0.29, 0.717) is 16.9 Å². The number of hydrogen-bond donors (Lipinski definition) is 2. The van der Waals surface area contributed by atoms with E-state index < -0.39 is 11.4 Å². The maximum Gasteiger partial charge on any atom is 0.327 e. The van der Waals surface area contributed by atoms with Crippen LogP contribution in [0.15, 0.2) is 30.5 Å². The summed E-state index contributed by atoms with van der Waals surface area (Å²) in [6.45, 7) is 5.45. The largest absolute Gasteiger partial charge is 0.468 e. The number of carbonyl (C=O) groups is 3. The number of hydrogen-bond acceptors (Lipinski definition) is 6. The molecule has 0 atom stereocenters. The Labute approximate surface area is 157 Å². The summed E-state index contributed by atoms with van der Waals surface area (Å²) >= 11 is 0. The van der Waals surface area contributed by atoms with E-state index in [4.69, 9.17) is 0 Å². The van der Waals surface area contributed by atoms with Crippen molar-refractivity contribution in [2.75, 3.05) is 12.4 Å². The van der Waals surface area contributed by atoms with Gasteiger partial charge in [0.15, 0.2) is 0 Å². The minimum atomic E-state index is -0.582. The summed E-state index contributed by atoms with van der Waals surface area (Å²) in [5, 5.41) is 13.2. The number of amides is 2. The van der Waals surface area contributed by atoms with Crippen LogP contribution in [0.5, 0.6) is 0 Å². The molecule has 0 aliphatic carbocycles. The van der Waals surface area contributed by atoms with Crippen molar-refractivity contribution in [3.8, 4) is 0 Å². The molecule has 2 rings (SSSR count). The first-order chi connectivity index (χ1) is 12.7. The van der Waals surface area contributed by atoms with Crippen LogP contribution in [-0.2, 0) is 27.4 Å². The monoisotopic (exact) mass is 373 g/mol. The number of anilines is 1. The van der Waals surface area contributed by atoms with Gasteiger partial charge in [-0.15, -0.1) is 5.10 Å². The van der Waals surface area contributed by atoms with Crippen LogP contribution in [0.25, 0.3) is 0 Å². The summed E-state index contributed by atoms with van der Waals surface area (Å²) in [5.74, 6) is -0.991. The molecular weight excluding hydrogens is 350 g/mol. The molecule has 1 heterocycles. The third-order valence-corrected chi connectivity index (χ3v) is 3.64. The number of nitrogens with zero attached hydrogens (tertiary/aromatic N) is 3. The predicted octanol–water partition coefficient (Wildman–Crippen LogP) is 1.37. The van der Waals surface area contributed by atoms with Crippen molar-refractivity contribution in [2.45, 2.75) is 33.9 Å². The fraction of sp³-hybridized carbons (Fsp3) is 0.389. The minimum absolute atomic E-state index is 0.0564. The molecule has 0 saturated carbocycles. The molecule has 0 radical (unpaired) electrons. The van der Waals surface area contributed by atoms with Gasteiger partial charge in [-0.05, 0) is 12.1 Å². The van der Waals surface area contributed by atoms with Crippen molar-refractivity contribution in [1.82, 2.24) is 20.3 Å². The zero-order valence-corrected chi connectivity index (χ0v) is 15.8. The average Bonchev–Trinajstić information content (AvgIpc) is 3.06. The van der Waals surface area contributed by atoms with Crippen LogP contribution in [0, 0.1) is 5.41 Å². The SMILES string of the molecule is COC(=O)Cn1cc(CNC(=O)c2ccccc2NC(=O)C(C)(C)C)nn1. The van der Waals surface area contributed by atoms with E-state index in [1.807, 2.05) is 0 Å². The zero-order chi connectivity index (χ0) is 20.0. The Morgan fingerprint density at radius 1 is 1.19 bits per heavy atom. The van der Waals surface area contributed by atoms with Gasteiger partial charge in [0.05, 0.1) is 31.1 Å². The van der Waals surface area contributed by atoms with Crippen molar-refractivity contribution in [2.24, 2.45) is 5.41 Å². The molecule has 0 fully saturated rings. The highest BCUT2D eigenvalue weighted by Gasteiger charge is 2.23. The Balaban J connectivity index is 2.02. The number of ether oxygens (including phenoxy) is 1. The van der Waals surface area contributed by atoms with Gasteiger partial charge >= 0.3 is 5.97 Å². The molecule has 0 unspecified atom stereocenters. The lowest BCUT2D eigenvalue weighted by molar-refractivity contribution is -0.141. The van der Waals surface area contributed by atoms with Gasteiger partial charge in [-0.1, -0.05) is 38.1 Å². The topological polar surface area (TPSA) is 115 Å². The summed E-state index contributed by atoms with van der Waals surface area (Å²) in [7, 11) is 1.29. The summed E-state index contributed by atoms with van der Waals surface area (Å²) < 4.78 is 5.88. The van der Waals surface area contributed by atoms with E-state index in [9.17, 15) is 14.4 Å². The number of rotatable bonds is 6. The lowest BCUT2D eigenvalue weighted by Crippen LogP contribution is -2.30. The normalized spacial score (nSPS) is 11.0. The molecule has 144 valence electrons. The lowest BCUT2D eigenvalue weighted by Gasteiger charge is -2.19. The molecule has 1 aromatic carbocycles. The van der Waals surface area contributed by atoms with E-state index in [1.165, 1.54) is 11.8 Å². The van der Waals surface area contributed by atoms with Crippen LogP contribution in [-0.4, -0.2) is 39.9 Å². The number of aromatic nitrogens is 3. The molecule has 2 amide bonds. The number of nitrogens with one attached hydrogen (secondary N) is 2. The second-order valence-corrected chi connectivity index (χ2v) is 6.92. The van der Waals surface area contributed by atoms with E-state index in [2.05, 4.69) is 25.7 Å². The Kier molecular flexibility index (Phi) is 6.27. The third-order valence-electron chi connectivity index (χ3n) is 3.64. The molecule has 0 saturated heterocycles. The summed E-state index contributed by atoms with van der Waals surface area (Å²) in [6.07, 6.45) is 1.55. The number of para-hydroxylation sites is 1. The number of esters is 1. The third kappa shape index (κ3) is 5.63. The predicted molar refractivity (Wildman–Crippen MR) is 97.7 cm³/mol. The Hall–Kier alpha value is -3.23. The molecular formula is C18H23N5O4. The lowest BCUT2D eigenvalue weighted by atomic mass is 9.95. The summed E-state index contributed by atoms with van der Waals surface area (Å²) in [5.41, 5.74) is 0.687. The van der Waals surface area contributed by atoms with Crippen LogP contribution in [0.2, 0.25) is 0 Å². The number of methoxy groups -OCH3 is 1. The first-order valence-electron chi connectivity index (χ1n) is 8.35. The molecule has 0 aliphatic heterocycles. The van der Waals surface area contributed by atoms with Crippen molar-refractivity contribution in [3.05, 3.63) is 41.7 Å². The van der Waals surface area contributed by atoms with E-state index in [0.717, 1.165) is 0 Å². The standard InChI is InChI=1S/C18H23N5O4/c1-18(2,3)17(26)20-14-8-6-5-7-13(14)16(25)19-9-12-10-23(22-21-12)11-15(24)27-4/h5-8,10H,9,11H2,1-4H3,(H,19,25)(H,20,26). The van der Waals surface area contributed by atoms with Crippen molar-refractivity contribution < 1.29 is 19.1 Å². The van der Waals surface area contributed by atoms with Gasteiger partial charge in [-0.2, -0.15) is 0 Å². The van der Waals surface area contributed by atoms with Gasteiger partial charge < -0.3 is 15.4 Å². The molecule has 0 bridgehead atoms. The van der Waals surface area contributed by atoms with Crippen molar-refractivity contribution in [3.63, 3.8) is 0 Å². The molecule has 2 N–H and O–H groups in total. The van der Waals surface area contributed by atoms with Gasteiger partial charge in [0.25, 0.3) is 5.91 Å². The quantitative estimate of drug-likeness (QED) is 0.739.